The Labute approximate surface area is 735 Å². The maximum atomic E-state index is 11.1. The van der Waals surface area contributed by atoms with Gasteiger partial charge in [0.1, 0.15) is 102 Å². The van der Waals surface area contributed by atoms with Crippen LogP contribution in [0.25, 0.3) is 0 Å². The summed E-state index contributed by atoms with van der Waals surface area (Å²) in [4.78, 5) is 245. The molecule has 0 aliphatic heterocycles. The Kier molecular flexibility index (Phi) is 87.6. The molecule has 0 heterocycles. The number of aliphatic carboxylic acids is 7. The van der Waals surface area contributed by atoms with Crippen LogP contribution in [0, 0.1) is 70.8 Å². The molecule has 131 heavy (non-hydrogen) atoms. The van der Waals surface area contributed by atoms with Gasteiger partial charge in [0.25, 0.3) is 35.6 Å². The largest absolute Gasteiger partial charge is 0.508 e. The van der Waals surface area contributed by atoms with Gasteiger partial charge in [-0.1, -0.05) is 19.3 Å². The lowest BCUT2D eigenvalue weighted by atomic mass is 10.2. The zero-order valence-corrected chi connectivity index (χ0v) is 69.5. The van der Waals surface area contributed by atoms with E-state index >= 15 is 0 Å². The molecule has 0 rings (SSSR count). The third-order valence-corrected chi connectivity index (χ3v) is 12.7. The summed E-state index contributed by atoms with van der Waals surface area (Å²) < 4.78 is 58.7. The zero-order chi connectivity index (χ0) is 101. The maximum absolute atomic E-state index is 11.1. The lowest BCUT2D eigenvalue weighted by molar-refractivity contribution is -0.758. The first kappa shape index (κ1) is 129. The van der Waals surface area contributed by atoms with Gasteiger partial charge in [-0.25, -0.2) is 33.6 Å². The van der Waals surface area contributed by atoms with Crippen molar-refractivity contribution in [2.75, 3.05) is 152 Å². The summed E-state index contributed by atoms with van der Waals surface area (Å²) in [6, 6.07) is -8.99. The van der Waals surface area contributed by atoms with E-state index in [-0.39, 0.29) is 112 Å². The first-order chi connectivity index (χ1) is 61.5. The van der Waals surface area contributed by atoms with Crippen LogP contribution in [0.3, 0.4) is 0 Å². The van der Waals surface area contributed by atoms with Gasteiger partial charge in [0.15, 0.2) is 0 Å². The lowest BCUT2D eigenvalue weighted by Crippen LogP contribution is -2.37. The smallest absolute Gasteiger partial charge is 0.480 e. The normalized spacial score (nSPS) is 11.4. The van der Waals surface area contributed by atoms with E-state index in [4.69, 9.17) is 80.6 Å². The minimum atomic E-state index is -1.32. The highest BCUT2D eigenvalue weighted by atomic mass is 17.0. The Hall–Kier alpha value is -14.7. The van der Waals surface area contributed by atoms with E-state index in [2.05, 4.69) is 101 Å². The molecule has 0 aromatic rings. The van der Waals surface area contributed by atoms with Crippen molar-refractivity contribution in [2.24, 2.45) is 40.1 Å². The van der Waals surface area contributed by atoms with Crippen LogP contribution in [-0.2, 0) is 129 Å². The molecule has 2 amide bonds. The number of nitrogens with zero attached hydrogens (tertiary/aromatic N) is 7. The van der Waals surface area contributed by atoms with Crippen molar-refractivity contribution in [3.63, 3.8) is 0 Å². The third-order valence-electron chi connectivity index (χ3n) is 12.7. The maximum Gasteiger partial charge on any atom is 0.508 e. The Morgan fingerprint density at radius 1 is 0.214 bits per heavy atom. The number of carbonyl (C=O) groups is 14. The fourth-order valence-corrected chi connectivity index (χ4v) is 6.23. The number of hydrogen-bond donors (Lipinski definition) is 16. The van der Waals surface area contributed by atoms with Crippen LogP contribution >= 0.6 is 0 Å². The first-order valence-electron chi connectivity index (χ1n) is 37.2. The van der Waals surface area contributed by atoms with Crippen LogP contribution in [0.5, 0.6) is 0 Å². The molecule has 0 aromatic carbocycles. The van der Waals surface area contributed by atoms with Crippen molar-refractivity contribution in [3.05, 3.63) is 70.8 Å². The van der Waals surface area contributed by atoms with Crippen molar-refractivity contribution in [3.8, 4) is 0 Å². The van der Waals surface area contributed by atoms with E-state index in [1.807, 2.05) is 0 Å². The highest BCUT2D eigenvalue weighted by Crippen LogP contribution is 2.05. The molecule has 758 valence electrons. The van der Waals surface area contributed by atoms with E-state index < -0.39 is 202 Å². The van der Waals surface area contributed by atoms with Gasteiger partial charge in [0.05, 0.1) is 79.3 Å². The molecule has 0 spiro atoms. The Morgan fingerprint density at radius 3 is 0.634 bits per heavy atom. The topological polar surface area (TPSA) is 1070 Å². The summed E-state index contributed by atoms with van der Waals surface area (Å²) in [5.74, 6) is -8.96. The van der Waals surface area contributed by atoms with E-state index in [9.17, 15) is 138 Å². The number of carboxylic acids is 7. The highest BCUT2D eigenvalue weighted by Gasteiger charge is 2.21. The number of rotatable bonds is 68. The molecular weight excluding hydrogens is 1820 g/mol. The first-order valence-corrected chi connectivity index (χ1v) is 37.2. The quantitative estimate of drug-likeness (QED) is 0.00934. The molecule has 0 saturated heterocycles. The second kappa shape index (κ2) is 88.7. The average molecular weight is 1930 g/mol. The number of alkyl carbamates (subject to hydrolysis) is 2. The average Bonchev–Trinajstić information content (AvgIpc) is 1.01. The predicted molar refractivity (Wildman–Crippen MR) is 410 cm³/mol. The number of unbranched alkanes of at least 4 members (excludes halogenated alkanes) is 10. The van der Waals surface area contributed by atoms with Gasteiger partial charge >= 0.3 is 84.7 Å². The van der Waals surface area contributed by atoms with Gasteiger partial charge in [0, 0.05) is 19.5 Å². The van der Waals surface area contributed by atoms with Gasteiger partial charge in [-0.15, -0.1) is 70.8 Å². The molecule has 0 radical (unpaired) electrons. The molecule has 7 unspecified atom stereocenters. The van der Waals surface area contributed by atoms with E-state index in [1.165, 1.54) is 0 Å². The summed E-state index contributed by atoms with van der Waals surface area (Å²) in [5.41, 5.74) is 35.7. The molecule has 71 nitrogen and oxygen atoms in total. The summed E-state index contributed by atoms with van der Waals surface area (Å²) in [5, 5.41) is 126. The van der Waals surface area contributed by atoms with Crippen molar-refractivity contribution in [1.82, 2.24) is 10.6 Å². The van der Waals surface area contributed by atoms with Crippen LogP contribution in [0.2, 0.25) is 0 Å². The Morgan fingerprint density at radius 2 is 0.382 bits per heavy atom. The minimum Gasteiger partial charge on any atom is -0.480 e. The molecule has 0 aromatic heterocycles. The summed E-state index contributed by atoms with van der Waals surface area (Å²) in [6.45, 7) is -3.28. The molecule has 0 aliphatic rings. The molecule has 0 saturated carbocycles. The molecular formula is C60H108N16O55. The van der Waals surface area contributed by atoms with Crippen LogP contribution in [-0.4, -0.2) is 350 Å². The fourth-order valence-electron chi connectivity index (χ4n) is 6.23. The van der Waals surface area contributed by atoms with Crippen molar-refractivity contribution in [1.29, 1.82) is 0 Å². The number of ether oxygens (including phenoxy) is 13. The summed E-state index contributed by atoms with van der Waals surface area (Å²) in [6.07, 6.45) is 1.78. The number of carboxylic acid groups (broad SMARTS) is 7. The van der Waals surface area contributed by atoms with Crippen molar-refractivity contribution in [2.45, 2.75) is 145 Å². The molecule has 7 atom stereocenters. The molecule has 23 N–H and O–H groups in total. The van der Waals surface area contributed by atoms with Gasteiger partial charge in [-0.3, -0.25) is 33.6 Å². The van der Waals surface area contributed by atoms with Gasteiger partial charge < -0.3 is 182 Å². The summed E-state index contributed by atoms with van der Waals surface area (Å²) >= 11 is 0. The molecule has 0 fully saturated rings. The molecule has 71 heteroatoms. The van der Waals surface area contributed by atoms with Crippen LogP contribution in [0.1, 0.15) is 103 Å². The summed E-state index contributed by atoms with van der Waals surface area (Å²) in [7, 11) is 0. The fraction of sp³-hybridized carbons (Fsp3) is 0.767. The Bertz CT molecular complexity index is 3120. The Balaban J connectivity index is -0.000000274. The van der Waals surface area contributed by atoms with Crippen molar-refractivity contribution < 1.29 is 234 Å². The van der Waals surface area contributed by atoms with Gasteiger partial charge in [-0.2, -0.15) is 0 Å². The number of hydrogen-bond acceptors (Lipinski definition) is 55. The zero-order valence-electron chi connectivity index (χ0n) is 69.5. The van der Waals surface area contributed by atoms with Gasteiger partial charge in [-0.05, 0) is 77.0 Å². The van der Waals surface area contributed by atoms with E-state index in [0.717, 1.165) is 12.8 Å². The standard InChI is InChI=1S/C10H19N3O7.C10H18N2O8.C9H16N2O8.C8H15N3O7.C8H14N2O9.C8H14N2O8.C7H12N2O8/c11-8(9(14)15)7-19-10(16)12-5-3-1-2-4-6-20-13(17)18;11-8(9(13)14)7-19-10(15)18-5-3-1-2-4-6-20-12(16)17;10-7(8(12)13)6-18-9(14)17-4-2-1-3-5-19-11(15)16;9-6(7(12)13)5-17-8(14)10-3-1-2-4-18-11(15)16;9-6(7(11)12)5-18-8(13)17-3-1-16-2-4-19-10(14)15;9-6(7(11)12)5-17-8(13)16-3-1-2-4-18-10(14)15;8-5(6(10)11)4-16-7(12)15-2-1-3-17-9(13)14/h8H,1-7,11H2,(H,12,16)(H,14,15);8H,1-7,11H2,(H,13,14);7H,1-6,10H2,(H,12,13);6H,1-5,9H2,(H,10,14)(H,12,13);6H,1-5,9H2,(H,11,12);6H,1-5,9H2,(H,11,12);5H,1-4,8H2,(H,10,11). The predicted octanol–water partition coefficient (Wildman–Crippen LogP) is -3.28. The molecule has 0 aliphatic carbocycles. The van der Waals surface area contributed by atoms with Crippen LogP contribution in [0.4, 0.5) is 33.6 Å². The highest BCUT2D eigenvalue weighted by molar-refractivity contribution is 5.77. The number of nitrogens with two attached hydrogens (primary N) is 7. The van der Waals surface area contributed by atoms with E-state index in [1.54, 1.807) is 0 Å². The van der Waals surface area contributed by atoms with E-state index in [0.29, 0.717) is 90.0 Å². The lowest BCUT2D eigenvalue weighted by Gasteiger charge is -2.09. The minimum absolute atomic E-state index is 0.00902. The van der Waals surface area contributed by atoms with Gasteiger partial charge in [0.2, 0.25) is 0 Å². The van der Waals surface area contributed by atoms with Crippen LogP contribution in [0.15, 0.2) is 0 Å². The van der Waals surface area contributed by atoms with Crippen LogP contribution < -0.4 is 50.8 Å². The molecule has 0 bridgehead atoms. The number of carbonyl (C=O) groups excluding carboxylic acids is 7. The second-order valence-electron chi connectivity index (χ2n) is 23.4. The number of nitrogens with one attached hydrogen (secondary N) is 2. The van der Waals surface area contributed by atoms with Crippen molar-refractivity contribution >= 4 is 84.7 Å². The SMILES string of the molecule is NC(COC(=O)NCCCCCCO[N+](=O)[O-])C(=O)O.NC(COC(=O)NCCCCO[N+](=O)[O-])C(=O)O.NC(COC(=O)OCCCCCCO[N+](=O)[O-])C(=O)O.NC(COC(=O)OCCCCCO[N+](=O)[O-])C(=O)O.NC(COC(=O)OCCCCO[N+](=O)[O-])C(=O)O.NC(COC(=O)OCCCO[N+](=O)[O-])C(=O)O.NC(COC(=O)OCCOCCO[N+](=O)[O-])C(=O)O. The second-order valence-corrected chi connectivity index (χ2v) is 23.4. The monoisotopic (exact) mass is 1930 g/mol. The number of amides is 2. The third kappa shape index (κ3) is 109.